The zero-order valence-electron chi connectivity index (χ0n) is 17.9. The van der Waals surface area contributed by atoms with Gasteiger partial charge in [-0.1, -0.05) is 39.7 Å². The smallest absolute Gasteiger partial charge is 0.312 e. The highest BCUT2D eigenvalue weighted by atomic mass is 79.9. The molecule has 0 aromatic heterocycles. The fourth-order valence-electron chi connectivity index (χ4n) is 3.36. The average Bonchev–Trinajstić information content (AvgIpc) is 3.26. The number of phenols is 1. The molecule has 3 aromatic carbocycles. The van der Waals surface area contributed by atoms with Gasteiger partial charge >= 0.3 is 5.69 Å². The molecule has 0 radical (unpaired) electrons. The van der Waals surface area contributed by atoms with E-state index >= 15 is 0 Å². The lowest BCUT2D eigenvalue weighted by atomic mass is 10.1. The van der Waals surface area contributed by atoms with E-state index in [1.165, 1.54) is 13.0 Å². The number of carbonyl (C=O) groups excluding carboxylic acids is 2. The Labute approximate surface area is 212 Å². The van der Waals surface area contributed by atoms with Gasteiger partial charge in [-0.15, -0.1) is 5.10 Å². The van der Waals surface area contributed by atoms with E-state index in [-0.39, 0.29) is 17.4 Å². The number of amides is 2. The number of nitro groups is 1. The summed E-state index contributed by atoms with van der Waals surface area (Å²) >= 11 is 9.24. The largest absolute Gasteiger partial charge is 0.502 e. The maximum Gasteiger partial charge on any atom is 0.312 e. The molecule has 0 aliphatic carbocycles. The van der Waals surface area contributed by atoms with Crippen LogP contribution < -0.4 is 5.32 Å². The van der Waals surface area contributed by atoms with Crippen molar-refractivity contribution in [1.82, 2.24) is 5.01 Å². The number of nitro benzene ring substituents is 1. The molecule has 35 heavy (non-hydrogen) atoms. The summed E-state index contributed by atoms with van der Waals surface area (Å²) in [5, 5.41) is 30.0. The first kappa shape index (κ1) is 24.2. The molecule has 3 aromatic rings. The fraction of sp³-hybridized carbons (Fsp3) is 0.0870. The summed E-state index contributed by atoms with van der Waals surface area (Å²) in [7, 11) is 0. The highest BCUT2D eigenvalue weighted by Crippen LogP contribution is 2.41. The van der Waals surface area contributed by atoms with Gasteiger partial charge in [-0.25, -0.2) is 0 Å². The number of halogens is 2. The van der Waals surface area contributed by atoms with Crippen LogP contribution >= 0.6 is 27.5 Å². The summed E-state index contributed by atoms with van der Waals surface area (Å²) in [5.74, 6) is -1.47. The number of nitrogens with one attached hydrogen (secondary N) is 1. The third-order valence-electron chi connectivity index (χ3n) is 5.02. The van der Waals surface area contributed by atoms with Crippen molar-refractivity contribution in [2.24, 2.45) is 5.10 Å². The van der Waals surface area contributed by atoms with E-state index in [0.29, 0.717) is 26.3 Å². The second-order valence-corrected chi connectivity index (χ2v) is 8.69. The van der Waals surface area contributed by atoms with Gasteiger partial charge in [0.1, 0.15) is 0 Å². The lowest BCUT2D eigenvalue weighted by Gasteiger charge is -2.20. The van der Waals surface area contributed by atoms with Crippen molar-refractivity contribution >= 4 is 56.6 Å². The summed E-state index contributed by atoms with van der Waals surface area (Å²) in [5.41, 5.74) is 0.720. The molecule has 1 aliphatic rings. The molecule has 4 rings (SSSR count). The monoisotopic (exact) mass is 558 g/mol. The highest BCUT2D eigenvalue weighted by molar-refractivity contribution is 9.10. The molecule has 2 amide bonds. The van der Waals surface area contributed by atoms with Crippen LogP contribution in [-0.4, -0.2) is 32.8 Å². The Morgan fingerprint density at radius 3 is 2.51 bits per heavy atom. The molecule has 0 saturated heterocycles. The number of nitrogens with zero attached hydrogens (tertiary/aromatic N) is 3. The van der Waals surface area contributed by atoms with Crippen LogP contribution in [0.15, 0.2) is 70.2 Å². The van der Waals surface area contributed by atoms with Gasteiger partial charge in [0.05, 0.1) is 21.1 Å². The number of anilines is 1. The molecule has 0 fully saturated rings. The standard InChI is InChI=1S/C23H16BrClN4O6/c1-12(30)28-23(17-10-14(24)11-19(20(17)31)29(33)34)35-22(27-28)13-6-8-15(9-7-13)26-21(32)16-4-2-3-5-18(16)25/h2-11,23,31H,1H3,(H,26,32)/t23-/m1/s1. The van der Waals surface area contributed by atoms with Gasteiger partial charge in [-0.2, -0.15) is 5.01 Å². The molecule has 2 N–H and O–H groups in total. The predicted molar refractivity (Wildman–Crippen MR) is 131 cm³/mol. The summed E-state index contributed by atoms with van der Waals surface area (Å²) in [6.45, 7) is 1.25. The van der Waals surface area contributed by atoms with Crippen LogP contribution in [0.3, 0.4) is 0 Å². The zero-order chi connectivity index (χ0) is 25.3. The SMILES string of the molecule is CC(=O)N1N=C(c2ccc(NC(=O)c3ccccc3Cl)cc2)O[C@@H]1c1cc(Br)cc([N+](=O)[O-])c1O. The van der Waals surface area contributed by atoms with E-state index in [2.05, 4.69) is 26.3 Å². The molecule has 178 valence electrons. The number of hydrogen-bond acceptors (Lipinski definition) is 7. The van der Waals surface area contributed by atoms with Gasteiger partial charge in [0.2, 0.25) is 23.8 Å². The van der Waals surface area contributed by atoms with Gasteiger partial charge in [0.15, 0.2) is 0 Å². The molecule has 0 unspecified atom stereocenters. The van der Waals surface area contributed by atoms with Crippen LogP contribution in [0.1, 0.15) is 34.6 Å². The first-order chi connectivity index (χ1) is 16.7. The Balaban J connectivity index is 1.58. The van der Waals surface area contributed by atoms with E-state index in [4.69, 9.17) is 16.3 Å². The number of hydrazone groups is 1. The van der Waals surface area contributed by atoms with Crippen molar-refractivity contribution < 1.29 is 24.4 Å². The minimum Gasteiger partial charge on any atom is -0.502 e. The van der Waals surface area contributed by atoms with Gasteiger partial charge in [0, 0.05) is 28.7 Å². The van der Waals surface area contributed by atoms with Crippen molar-refractivity contribution in [2.75, 3.05) is 5.32 Å². The summed E-state index contributed by atoms with van der Waals surface area (Å²) in [6.07, 6.45) is -1.22. The van der Waals surface area contributed by atoms with Gasteiger partial charge in [0.25, 0.3) is 5.91 Å². The minimum atomic E-state index is -1.22. The number of rotatable bonds is 5. The molecule has 0 spiro atoms. The lowest BCUT2D eigenvalue weighted by Crippen LogP contribution is -2.25. The maximum absolute atomic E-state index is 12.5. The summed E-state index contributed by atoms with van der Waals surface area (Å²) < 4.78 is 6.15. The van der Waals surface area contributed by atoms with Crippen LogP contribution in [0, 0.1) is 10.1 Å². The summed E-state index contributed by atoms with van der Waals surface area (Å²) in [4.78, 5) is 35.2. The first-order valence-electron chi connectivity index (χ1n) is 10.0. The molecular formula is C23H16BrClN4O6. The predicted octanol–water partition coefficient (Wildman–Crippen LogP) is 5.21. The Morgan fingerprint density at radius 1 is 1.20 bits per heavy atom. The molecule has 0 saturated carbocycles. The van der Waals surface area contributed by atoms with E-state index in [9.17, 15) is 24.8 Å². The number of hydrogen-bond donors (Lipinski definition) is 2. The van der Waals surface area contributed by atoms with Crippen LogP contribution in [0.5, 0.6) is 5.75 Å². The molecule has 10 nitrogen and oxygen atoms in total. The Kier molecular flexibility index (Phi) is 6.72. The second kappa shape index (κ2) is 9.72. The van der Waals surface area contributed by atoms with Gasteiger partial charge < -0.3 is 15.2 Å². The second-order valence-electron chi connectivity index (χ2n) is 7.37. The Morgan fingerprint density at radius 2 is 1.89 bits per heavy atom. The van der Waals surface area contributed by atoms with Crippen molar-refractivity contribution in [2.45, 2.75) is 13.2 Å². The number of aromatic hydroxyl groups is 1. The topological polar surface area (TPSA) is 134 Å². The summed E-state index contributed by atoms with van der Waals surface area (Å²) in [6, 6.07) is 15.7. The molecule has 1 heterocycles. The Bertz CT molecular complexity index is 1380. The zero-order valence-corrected chi connectivity index (χ0v) is 20.3. The van der Waals surface area contributed by atoms with E-state index in [0.717, 1.165) is 11.1 Å². The van der Waals surface area contributed by atoms with Crippen molar-refractivity contribution in [1.29, 1.82) is 0 Å². The van der Waals surface area contributed by atoms with Crippen LogP contribution in [0.4, 0.5) is 11.4 Å². The van der Waals surface area contributed by atoms with Crippen molar-refractivity contribution in [3.63, 3.8) is 0 Å². The van der Waals surface area contributed by atoms with E-state index in [1.54, 1.807) is 48.5 Å². The fourth-order valence-corrected chi connectivity index (χ4v) is 4.04. The lowest BCUT2D eigenvalue weighted by molar-refractivity contribution is -0.386. The molecule has 1 aliphatic heterocycles. The number of carbonyl (C=O) groups is 2. The van der Waals surface area contributed by atoms with E-state index in [1.807, 2.05) is 0 Å². The number of phenolic OH excluding ortho intramolecular Hbond substituents is 1. The minimum absolute atomic E-state index is 0.0105. The highest BCUT2D eigenvalue weighted by Gasteiger charge is 2.37. The third-order valence-corrected chi connectivity index (χ3v) is 5.81. The third kappa shape index (κ3) is 4.96. The van der Waals surface area contributed by atoms with Crippen LogP contribution in [0.25, 0.3) is 0 Å². The van der Waals surface area contributed by atoms with E-state index < -0.39 is 28.5 Å². The normalized spacial score (nSPS) is 14.8. The first-order valence-corrected chi connectivity index (χ1v) is 11.2. The van der Waals surface area contributed by atoms with Crippen molar-refractivity contribution in [3.05, 3.63) is 97.0 Å². The maximum atomic E-state index is 12.5. The number of ether oxygens (including phenoxy) is 1. The van der Waals surface area contributed by atoms with Gasteiger partial charge in [-0.05, 0) is 42.5 Å². The molecular weight excluding hydrogens is 544 g/mol. The molecule has 1 atom stereocenters. The van der Waals surface area contributed by atoms with Crippen LogP contribution in [-0.2, 0) is 9.53 Å². The molecule has 0 bridgehead atoms. The van der Waals surface area contributed by atoms with Gasteiger partial charge in [-0.3, -0.25) is 19.7 Å². The quantitative estimate of drug-likeness (QED) is 0.326. The average molecular weight is 560 g/mol. The molecule has 12 heteroatoms. The van der Waals surface area contributed by atoms with Crippen molar-refractivity contribution in [3.8, 4) is 5.75 Å². The number of benzene rings is 3. The van der Waals surface area contributed by atoms with Crippen LogP contribution in [0.2, 0.25) is 5.02 Å². The Hall–Kier alpha value is -3.96.